The van der Waals surface area contributed by atoms with E-state index in [1.807, 2.05) is 12.1 Å². The summed E-state index contributed by atoms with van der Waals surface area (Å²) in [4.78, 5) is 11.2. The Morgan fingerprint density at radius 1 is 1.50 bits per heavy atom. The second kappa shape index (κ2) is 3.67. The fraction of sp³-hybridized carbons (Fsp3) is 0.300. The number of nitrogen functional groups attached to an aromatic ring is 1. The summed E-state index contributed by atoms with van der Waals surface area (Å²) in [5.41, 5.74) is 5.07. The van der Waals surface area contributed by atoms with E-state index >= 15 is 0 Å². The number of carbonyl (C=O) groups is 1. The molecule has 1 aliphatic rings. The van der Waals surface area contributed by atoms with Crippen LogP contribution in [0.15, 0.2) is 18.2 Å². The predicted molar refractivity (Wildman–Crippen MR) is 54.9 cm³/mol. The van der Waals surface area contributed by atoms with E-state index < -0.39 is 0 Å². The molecule has 0 bridgehead atoms. The molecule has 0 spiro atoms. The summed E-state index contributed by atoms with van der Waals surface area (Å²) in [7, 11) is 0. The molecule has 74 valence electrons. The zero-order chi connectivity index (χ0) is 9.97. The highest BCUT2D eigenvalue weighted by atomic mass is 16.2. The minimum absolute atomic E-state index is 0.238. The Bertz CT molecular complexity index is 362. The average Bonchev–Trinajstić information content (AvgIpc) is 2.27. The molecule has 0 saturated carbocycles. The van der Waals surface area contributed by atoms with Gasteiger partial charge in [-0.1, -0.05) is 0 Å². The molecule has 1 aromatic carbocycles. The Morgan fingerprint density at radius 2 is 2.36 bits per heavy atom. The normalized spacial score (nSPS) is 14.1. The first-order valence-corrected chi connectivity index (χ1v) is 4.69. The fourth-order valence-corrected chi connectivity index (χ4v) is 1.70. The highest BCUT2D eigenvalue weighted by Gasteiger charge is 2.11. The molecule has 4 nitrogen and oxygen atoms in total. The summed E-state index contributed by atoms with van der Waals surface area (Å²) in [5, 5.41) is 3.28. The van der Waals surface area contributed by atoms with Gasteiger partial charge in [-0.25, -0.2) is 5.84 Å². The lowest BCUT2D eigenvalue weighted by Crippen LogP contribution is -2.30. The lowest BCUT2D eigenvalue weighted by atomic mass is 10.0. The molecular weight excluding hydrogens is 178 g/mol. The van der Waals surface area contributed by atoms with E-state index in [1.165, 1.54) is 5.56 Å². The van der Waals surface area contributed by atoms with E-state index in [0.717, 1.165) is 25.1 Å². The second-order valence-corrected chi connectivity index (χ2v) is 3.38. The second-order valence-electron chi connectivity index (χ2n) is 3.38. The number of hydrogen-bond acceptors (Lipinski definition) is 3. The van der Waals surface area contributed by atoms with Crippen molar-refractivity contribution in [3.8, 4) is 0 Å². The quantitative estimate of drug-likeness (QED) is 0.347. The maximum Gasteiger partial charge on any atom is 0.265 e. The number of aryl methyl sites for hydroxylation is 1. The van der Waals surface area contributed by atoms with Gasteiger partial charge in [0.05, 0.1) is 0 Å². The molecule has 0 unspecified atom stereocenters. The van der Waals surface area contributed by atoms with E-state index in [9.17, 15) is 4.79 Å². The van der Waals surface area contributed by atoms with E-state index in [2.05, 4.69) is 10.7 Å². The van der Waals surface area contributed by atoms with Gasteiger partial charge in [0, 0.05) is 17.8 Å². The van der Waals surface area contributed by atoms with Crippen LogP contribution in [0.4, 0.5) is 5.69 Å². The number of anilines is 1. The van der Waals surface area contributed by atoms with Crippen molar-refractivity contribution in [2.75, 3.05) is 11.9 Å². The maximum absolute atomic E-state index is 11.2. The number of carbonyl (C=O) groups excluding carboxylic acids is 1. The Kier molecular flexibility index (Phi) is 2.37. The third-order valence-corrected chi connectivity index (χ3v) is 2.44. The van der Waals surface area contributed by atoms with Gasteiger partial charge in [0.25, 0.3) is 5.91 Å². The summed E-state index contributed by atoms with van der Waals surface area (Å²) in [6.07, 6.45) is 2.13. The number of amides is 1. The Balaban J connectivity index is 2.33. The van der Waals surface area contributed by atoms with Crippen LogP contribution in [0.3, 0.4) is 0 Å². The van der Waals surface area contributed by atoms with Gasteiger partial charge in [-0.3, -0.25) is 10.2 Å². The predicted octanol–water partition coefficient (Wildman–Crippen LogP) is 0.648. The number of nitrogens with two attached hydrogens (primary N) is 1. The molecule has 1 aromatic rings. The number of nitrogens with one attached hydrogen (secondary N) is 2. The molecule has 0 atom stereocenters. The Hall–Kier alpha value is -1.55. The molecular formula is C10H13N3O. The molecule has 14 heavy (non-hydrogen) atoms. The van der Waals surface area contributed by atoms with Crippen molar-refractivity contribution in [3.63, 3.8) is 0 Å². The summed E-state index contributed by atoms with van der Waals surface area (Å²) in [6, 6.07) is 5.60. The van der Waals surface area contributed by atoms with Crippen LogP contribution in [-0.2, 0) is 6.42 Å². The van der Waals surface area contributed by atoms with Gasteiger partial charge in [0.2, 0.25) is 0 Å². The lowest BCUT2D eigenvalue weighted by Gasteiger charge is -2.18. The number of fused-ring (bicyclic) bond motifs is 1. The number of rotatable bonds is 1. The van der Waals surface area contributed by atoms with Gasteiger partial charge < -0.3 is 5.32 Å². The summed E-state index contributed by atoms with van der Waals surface area (Å²) in [6.45, 7) is 1.01. The molecule has 0 aromatic heterocycles. The molecule has 1 amide bonds. The Morgan fingerprint density at radius 3 is 3.14 bits per heavy atom. The number of benzene rings is 1. The molecule has 0 aliphatic carbocycles. The lowest BCUT2D eigenvalue weighted by molar-refractivity contribution is 0.0953. The van der Waals surface area contributed by atoms with Crippen molar-refractivity contribution >= 4 is 11.6 Å². The minimum atomic E-state index is -0.238. The molecule has 0 saturated heterocycles. The fourth-order valence-electron chi connectivity index (χ4n) is 1.70. The minimum Gasteiger partial charge on any atom is -0.385 e. The highest BCUT2D eigenvalue weighted by Crippen LogP contribution is 2.22. The first-order valence-electron chi connectivity index (χ1n) is 4.69. The van der Waals surface area contributed by atoms with Gasteiger partial charge in [0.1, 0.15) is 0 Å². The first kappa shape index (κ1) is 9.02. The molecule has 2 rings (SSSR count). The summed E-state index contributed by atoms with van der Waals surface area (Å²) < 4.78 is 0. The molecule has 1 aliphatic heterocycles. The van der Waals surface area contributed by atoms with Crippen LogP contribution in [-0.4, -0.2) is 12.5 Å². The Labute approximate surface area is 82.5 Å². The standard InChI is InChI=1S/C10H13N3O/c11-13-10(14)8-3-4-9-7(6-8)2-1-5-12-9/h3-4,6,12H,1-2,5,11H2,(H,13,14). The molecule has 0 fully saturated rings. The van der Waals surface area contributed by atoms with Crippen molar-refractivity contribution in [1.82, 2.24) is 5.43 Å². The third-order valence-electron chi connectivity index (χ3n) is 2.44. The topological polar surface area (TPSA) is 67.1 Å². The van der Waals surface area contributed by atoms with Crippen molar-refractivity contribution in [2.24, 2.45) is 5.84 Å². The van der Waals surface area contributed by atoms with Crippen molar-refractivity contribution in [3.05, 3.63) is 29.3 Å². The zero-order valence-electron chi connectivity index (χ0n) is 7.84. The summed E-state index contributed by atoms with van der Waals surface area (Å²) in [5.74, 6) is 4.83. The smallest absolute Gasteiger partial charge is 0.265 e. The van der Waals surface area contributed by atoms with Crippen LogP contribution in [0, 0.1) is 0 Å². The van der Waals surface area contributed by atoms with E-state index in [-0.39, 0.29) is 5.91 Å². The number of hydrogen-bond donors (Lipinski definition) is 3. The van der Waals surface area contributed by atoms with Crippen molar-refractivity contribution in [2.45, 2.75) is 12.8 Å². The largest absolute Gasteiger partial charge is 0.385 e. The third kappa shape index (κ3) is 1.56. The van der Waals surface area contributed by atoms with Crippen LogP contribution in [0.5, 0.6) is 0 Å². The maximum atomic E-state index is 11.2. The van der Waals surface area contributed by atoms with E-state index in [0.29, 0.717) is 5.56 Å². The van der Waals surface area contributed by atoms with Crippen LogP contribution < -0.4 is 16.6 Å². The van der Waals surface area contributed by atoms with Crippen LogP contribution >= 0.6 is 0 Å². The van der Waals surface area contributed by atoms with Gasteiger partial charge in [-0.2, -0.15) is 0 Å². The van der Waals surface area contributed by atoms with Crippen molar-refractivity contribution < 1.29 is 4.79 Å². The van der Waals surface area contributed by atoms with Gasteiger partial charge >= 0.3 is 0 Å². The molecule has 1 heterocycles. The molecule has 4 N–H and O–H groups in total. The van der Waals surface area contributed by atoms with Crippen LogP contribution in [0.1, 0.15) is 22.3 Å². The highest BCUT2D eigenvalue weighted by molar-refractivity contribution is 5.94. The monoisotopic (exact) mass is 191 g/mol. The van der Waals surface area contributed by atoms with Crippen LogP contribution in [0.2, 0.25) is 0 Å². The van der Waals surface area contributed by atoms with E-state index in [4.69, 9.17) is 5.84 Å². The molecule has 4 heteroatoms. The average molecular weight is 191 g/mol. The van der Waals surface area contributed by atoms with Gasteiger partial charge in [-0.05, 0) is 36.6 Å². The van der Waals surface area contributed by atoms with Gasteiger partial charge in [-0.15, -0.1) is 0 Å². The SMILES string of the molecule is NNC(=O)c1ccc2c(c1)CCCN2. The van der Waals surface area contributed by atoms with Crippen LogP contribution in [0.25, 0.3) is 0 Å². The first-order chi connectivity index (χ1) is 6.81. The van der Waals surface area contributed by atoms with Gasteiger partial charge in [0.15, 0.2) is 0 Å². The zero-order valence-corrected chi connectivity index (χ0v) is 7.84. The molecule has 0 radical (unpaired) electrons. The van der Waals surface area contributed by atoms with E-state index in [1.54, 1.807) is 6.07 Å². The number of hydrazine groups is 1. The van der Waals surface area contributed by atoms with Crippen molar-refractivity contribution in [1.29, 1.82) is 0 Å². The summed E-state index contributed by atoms with van der Waals surface area (Å²) >= 11 is 0.